The summed E-state index contributed by atoms with van der Waals surface area (Å²) in [7, 11) is -3.45. The summed E-state index contributed by atoms with van der Waals surface area (Å²) in [5.41, 5.74) is 2.49. The number of nitrogens with one attached hydrogen (secondary N) is 1. The first-order chi connectivity index (χ1) is 12.8. The van der Waals surface area contributed by atoms with Gasteiger partial charge in [0.15, 0.2) is 9.84 Å². The Hall–Kier alpha value is -3.02. The first kappa shape index (κ1) is 18.8. The first-order valence-corrected chi connectivity index (χ1v) is 10.6. The fourth-order valence-corrected chi connectivity index (χ4v) is 3.73. The van der Waals surface area contributed by atoms with Crippen molar-refractivity contribution in [1.82, 2.24) is 4.98 Å². The predicted molar refractivity (Wildman–Crippen MR) is 105 cm³/mol. The van der Waals surface area contributed by atoms with E-state index in [-0.39, 0.29) is 16.0 Å². The SMILES string of the molecule is Cc1nc(-c2ccc(NC(=O)c3ccc(S(C)(=O)=O)cc3C#N)cc2)cs1. The van der Waals surface area contributed by atoms with E-state index in [2.05, 4.69) is 10.3 Å². The van der Waals surface area contributed by atoms with Crippen molar-refractivity contribution in [3.8, 4) is 17.3 Å². The largest absolute Gasteiger partial charge is 0.322 e. The highest BCUT2D eigenvalue weighted by Gasteiger charge is 2.16. The molecule has 8 heteroatoms. The normalized spacial score (nSPS) is 11.0. The minimum Gasteiger partial charge on any atom is -0.322 e. The molecule has 3 rings (SSSR count). The molecule has 27 heavy (non-hydrogen) atoms. The lowest BCUT2D eigenvalue weighted by atomic mass is 10.1. The van der Waals surface area contributed by atoms with Gasteiger partial charge in [-0.1, -0.05) is 12.1 Å². The highest BCUT2D eigenvalue weighted by atomic mass is 32.2. The van der Waals surface area contributed by atoms with Crippen LogP contribution < -0.4 is 5.32 Å². The maximum absolute atomic E-state index is 12.5. The zero-order valence-corrected chi connectivity index (χ0v) is 16.2. The average molecular weight is 397 g/mol. The van der Waals surface area contributed by atoms with E-state index in [1.54, 1.807) is 23.5 Å². The molecule has 1 aromatic heterocycles. The van der Waals surface area contributed by atoms with Gasteiger partial charge in [0.05, 0.1) is 32.8 Å². The first-order valence-electron chi connectivity index (χ1n) is 7.86. The van der Waals surface area contributed by atoms with Crippen LogP contribution in [0.1, 0.15) is 20.9 Å². The second-order valence-electron chi connectivity index (χ2n) is 5.87. The molecule has 0 atom stereocenters. The van der Waals surface area contributed by atoms with Crippen molar-refractivity contribution in [3.63, 3.8) is 0 Å². The molecule has 0 fully saturated rings. The third kappa shape index (κ3) is 4.22. The molecule has 0 radical (unpaired) electrons. The Labute approximate surface area is 161 Å². The van der Waals surface area contributed by atoms with Crippen LogP contribution >= 0.6 is 11.3 Å². The van der Waals surface area contributed by atoms with Gasteiger partial charge in [-0.15, -0.1) is 11.3 Å². The van der Waals surface area contributed by atoms with Crippen LogP contribution in [-0.4, -0.2) is 25.6 Å². The summed E-state index contributed by atoms with van der Waals surface area (Å²) >= 11 is 1.56. The quantitative estimate of drug-likeness (QED) is 0.724. The van der Waals surface area contributed by atoms with Crippen LogP contribution in [0.25, 0.3) is 11.3 Å². The van der Waals surface area contributed by atoms with E-state index in [4.69, 9.17) is 0 Å². The number of nitrogens with zero attached hydrogens (tertiary/aromatic N) is 2. The predicted octanol–water partition coefficient (Wildman–Crippen LogP) is 3.65. The molecule has 0 unspecified atom stereocenters. The molecule has 0 aliphatic rings. The molecule has 6 nitrogen and oxygen atoms in total. The number of carbonyl (C=O) groups excluding carboxylic acids is 1. The number of rotatable bonds is 4. The fourth-order valence-electron chi connectivity index (χ4n) is 2.46. The monoisotopic (exact) mass is 397 g/mol. The summed E-state index contributed by atoms with van der Waals surface area (Å²) < 4.78 is 23.2. The van der Waals surface area contributed by atoms with Gasteiger partial charge in [0.1, 0.15) is 0 Å². The van der Waals surface area contributed by atoms with E-state index < -0.39 is 15.7 Å². The van der Waals surface area contributed by atoms with E-state index in [0.29, 0.717) is 5.69 Å². The van der Waals surface area contributed by atoms with E-state index in [9.17, 15) is 18.5 Å². The molecular weight excluding hydrogens is 382 g/mol. The van der Waals surface area contributed by atoms with E-state index >= 15 is 0 Å². The van der Waals surface area contributed by atoms with Crippen LogP contribution in [0.4, 0.5) is 5.69 Å². The number of nitriles is 1. The second-order valence-corrected chi connectivity index (χ2v) is 8.95. The smallest absolute Gasteiger partial charge is 0.257 e. The number of aryl methyl sites for hydroxylation is 1. The number of amides is 1. The molecule has 0 aliphatic heterocycles. The molecule has 3 aromatic rings. The van der Waals surface area contributed by atoms with Gasteiger partial charge in [0.25, 0.3) is 5.91 Å². The van der Waals surface area contributed by atoms with E-state index in [1.807, 2.05) is 30.5 Å². The summed E-state index contributed by atoms with van der Waals surface area (Å²) in [6.45, 7) is 1.94. The number of thiazole rings is 1. The van der Waals surface area contributed by atoms with Crippen molar-refractivity contribution >= 4 is 32.8 Å². The summed E-state index contributed by atoms with van der Waals surface area (Å²) in [6, 6.07) is 12.9. The molecule has 2 aromatic carbocycles. The number of hydrogen-bond donors (Lipinski definition) is 1. The molecule has 0 bridgehead atoms. The van der Waals surface area contributed by atoms with Gasteiger partial charge < -0.3 is 5.32 Å². The van der Waals surface area contributed by atoms with Crippen molar-refractivity contribution in [3.05, 3.63) is 64.0 Å². The standard InChI is InChI=1S/C19H15N3O3S2/c1-12-21-18(11-26-12)13-3-5-15(6-4-13)22-19(23)17-8-7-16(27(2,24)25)9-14(17)10-20/h3-9,11H,1-2H3,(H,22,23). The van der Waals surface area contributed by atoms with Crippen molar-refractivity contribution in [2.24, 2.45) is 0 Å². The lowest BCUT2D eigenvalue weighted by molar-refractivity contribution is 0.102. The summed E-state index contributed by atoms with van der Waals surface area (Å²) in [6.07, 6.45) is 1.05. The van der Waals surface area contributed by atoms with Crippen LogP contribution in [0.15, 0.2) is 52.7 Å². The third-order valence-corrected chi connectivity index (χ3v) is 5.73. The van der Waals surface area contributed by atoms with Crippen molar-refractivity contribution < 1.29 is 13.2 Å². The Kier molecular flexibility index (Phi) is 5.08. The highest BCUT2D eigenvalue weighted by Crippen LogP contribution is 2.24. The topological polar surface area (TPSA) is 99.9 Å². The Bertz CT molecular complexity index is 1160. The molecule has 1 N–H and O–H groups in total. The third-order valence-electron chi connectivity index (χ3n) is 3.84. The van der Waals surface area contributed by atoms with Gasteiger partial charge in [-0.05, 0) is 37.3 Å². The Morgan fingerprint density at radius 1 is 1.19 bits per heavy atom. The van der Waals surface area contributed by atoms with E-state index in [0.717, 1.165) is 22.5 Å². The van der Waals surface area contributed by atoms with Crippen LogP contribution in [0, 0.1) is 18.3 Å². The van der Waals surface area contributed by atoms with Crippen LogP contribution in [0.2, 0.25) is 0 Å². The van der Waals surface area contributed by atoms with Crippen molar-refractivity contribution in [2.75, 3.05) is 11.6 Å². The minimum atomic E-state index is -3.45. The molecule has 1 amide bonds. The fraction of sp³-hybridized carbons (Fsp3) is 0.105. The molecule has 0 saturated carbocycles. The van der Waals surface area contributed by atoms with Gasteiger partial charge in [-0.25, -0.2) is 13.4 Å². The van der Waals surface area contributed by atoms with Crippen molar-refractivity contribution in [2.45, 2.75) is 11.8 Å². The summed E-state index contributed by atoms with van der Waals surface area (Å²) in [5, 5.41) is 14.9. The molecule has 0 saturated heterocycles. The zero-order chi connectivity index (χ0) is 19.6. The van der Waals surface area contributed by atoms with Crippen LogP contribution in [0.3, 0.4) is 0 Å². The number of anilines is 1. The average Bonchev–Trinajstić information content (AvgIpc) is 3.07. The van der Waals surface area contributed by atoms with Crippen LogP contribution in [0.5, 0.6) is 0 Å². The maximum atomic E-state index is 12.5. The molecule has 136 valence electrons. The van der Waals surface area contributed by atoms with Crippen molar-refractivity contribution in [1.29, 1.82) is 5.26 Å². The Morgan fingerprint density at radius 2 is 1.89 bits per heavy atom. The molecule has 1 heterocycles. The Morgan fingerprint density at radius 3 is 2.44 bits per heavy atom. The van der Waals surface area contributed by atoms with Gasteiger partial charge in [-0.3, -0.25) is 4.79 Å². The maximum Gasteiger partial charge on any atom is 0.257 e. The van der Waals surface area contributed by atoms with Gasteiger partial charge in [0.2, 0.25) is 0 Å². The number of aromatic nitrogens is 1. The zero-order valence-electron chi connectivity index (χ0n) is 14.6. The second kappa shape index (κ2) is 7.31. The lowest BCUT2D eigenvalue weighted by Crippen LogP contribution is -2.14. The van der Waals surface area contributed by atoms with Gasteiger partial charge in [-0.2, -0.15) is 5.26 Å². The summed E-state index contributed by atoms with van der Waals surface area (Å²) in [5.74, 6) is -0.483. The Balaban J connectivity index is 1.82. The van der Waals surface area contributed by atoms with E-state index in [1.165, 1.54) is 18.2 Å². The number of sulfone groups is 1. The van der Waals surface area contributed by atoms with Gasteiger partial charge >= 0.3 is 0 Å². The number of benzene rings is 2. The molecular formula is C19H15N3O3S2. The number of hydrogen-bond acceptors (Lipinski definition) is 6. The lowest BCUT2D eigenvalue weighted by Gasteiger charge is -2.08. The number of carbonyl (C=O) groups is 1. The minimum absolute atomic E-state index is 0.00138. The van der Waals surface area contributed by atoms with Gasteiger partial charge in [0, 0.05) is 22.9 Å². The molecule has 0 spiro atoms. The van der Waals surface area contributed by atoms with Crippen LogP contribution in [-0.2, 0) is 9.84 Å². The molecule has 0 aliphatic carbocycles. The highest BCUT2D eigenvalue weighted by molar-refractivity contribution is 7.90. The summed E-state index contributed by atoms with van der Waals surface area (Å²) in [4.78, 5) is 16.9.